The molecule has 0 bridgehead atoms. The van der Waals surface area contributed by atoms with E-state index in [0.29, 0.717) is 34.2 Å². The van der Waals surface area contributed by atoms with E-state index in [4.69, 9.17) is 4.74 Å². The number of fused-ring (bicyclic) bond motifs is 1. The van der Waals surface area contributed by atoms with E-state index in [1.54, 1.807) is 0 Å². The number of nitrogens with zero attached hydrogens (tertiary/aromatic N) is 2. The van der Waals surface area contributed by atoms with Crippen molar-refractivity contribution in [2.24, 2.45) is 0 Å². The normalized spacial score (nSPS) is 10.9. The first-order valence-electron chi connectivity index (χ1n) is 7.39. The third-order valence-electron chi connectivity index (χ3n) is 3.86. The Balaban J connectivity index is 2.17. The lowest BCUT2D eigenvalue weighted by Crippen LogP contribution is -2.09. The van der Waals surface area contributed by atoms with E-state index in [-0.39, 0.29) is 12.2 Å². The van der Waals surface area contributed by atoms with E-state index >= 15 is 0 Å². The van der Waals surface area contributed by atoms with Crippen LogP contribution in [-0.2, 0) is 16.1 Å². The maximum Gasteiger partial charge on any atom is 0.336 e. The van der Waals surface area contributed by atoms with Gasteiger partial charge < -0.3 is 9.84 Å². The van der Waals surface area contributed by atoms with Gasteiger partial charge in [0.2, 0.25) is 0 Å². The second kappa shape index (κ2) is 6.94. The first-order chi connectivity index (χ1) is 12.7. The average Bonchev–Trinajstić information content (AvgIpc) is 3.40. The summed E-state index contributed by atoms with van der Waals surface area (Å²) in [4.78, 5) is 24.6. The Kier molecular flexibility index (Phi) is 4.49. The molecule has 0 radical (unpaired) electrons. The van der Waals surface area contributed by atoms with Crippen LogP contribution in [0.5, 0.6) is 0 Å². The van der Waals surface area contributed by atoms with Crippen molar-refractivity contribution in [1.29, 1.82) is 0 Å². The quantitative estimate of drug-likeness (QED) is 0.477. The van der Waals surface area contributed by atoms with E-state index in [2.05, 4.69) is 8.75 Å². The average molecular weight is 402 g/mol. The molecule has 0 aliphatic heterocycles. The number of thiophene rings is 2. The predicted octanol–water partition coefficient (Wildman–Crippen LogP) is 4.52. The van der Waals surface area contributed by atoms with E-state index in [1.165, 1.54) is 22.7 Å². The minimum Gasteiger partial charge on any atom is -0.478 e. The molecular weight excluding hydrogens is 392 g/mol. The number of aromatic carboxylic acids is 1. The maximum atomic E-state index is 12.2. The summed E-state index contributed by atoms with van der Waals surface area (Å²) in [5.41, 5.74) is 2.86. The fraction of sp³-hybridized carbons (Fsp3) is 0.0588. The van der Waals surface area contributed by atoms with E-state index in [0.717, 1.165) is 21.5 Å². The first-order valence-corrected chi connectivity index (χ1v) is 9.88. The van der Waals surface area contributed by atoms with Gasteiger partial charge in [-0.05, 0) is 22.9 Å². The lowest BCUT2D eigenvalue weighted by molar-refractivity contribution is -0.129. The lowest BCUT2D eigenvalue weighted by atomic mass is 9.92. The van der Waals surface area contributed by atoms with Gasteiger partial charge in [0.25, 0.3) is 6.47 Å². The Bertz CT molecular complexity index is 1090. The molecule has 0 saturated heterocycles. The van der Waals surface area contributed by atoms with Crippen LogP contribution in [0, 0.1) is 0 Å². The number of benzene rings is 1. The number of aromatic nitrogens is 2. The van der Waals surface area contributed by atoms with Crippen LogP contribution in [0.2, 0.25) is 0 Å². The van der Waals surface area contributed by atoms with Gasteiger partial charge in [-0.2, -0.15) is 8.75 Å². The van der Waals surface area contributed by atoms with Crippen molar-refractivity contribution in [3.63, 3.8) is 0 Å². The third-order valence-corrected chi connectivity index (χ3v) is 6.16. The van der Waals surface area contributed by atoms with E-state index in [1.807, 2.05) is 35.0 Å². The molecule has 1 N–H and O–H groups in total. The molecule has 4 rings (SSSR count). The molecule has 4 aromatic rings. The second-order valence-electron chi connectivity index (χ2n) is 5.23. The summed E-state index contributed by atoms with van der Waals surface area (Å²) in [5.74, 6) is -1.09. The molecule has 1 aromatic carbocycles. The summed E-state index contributed by atoms with van der Waals surface area (Å²) in [6, 6.07) is 7.47. The summed E-state index contributed by atoms with van der Waals surface area (Å²) in [6.45, 7) is 0.169. The van der Waals surface area contributed by atoms with Crippen molar-refractivity contribution in [2.45, 2.75) is 6.61 Å². The number of carbonyl (C=O) groups is 2. The zero-order valence-electron chi connectivity index (χ0n) is 13.0. The van der Waals surface area contributed by atoms with Crippen LogP contribution in [0.3, 0.4) is 0 Å². The van der Waals surface area contributed by atoms with Crippen molar-refractivity contribution < 1.29 is 19.4 Å². The highest BCUT2D eigenvalue weighted by Gasteiger charge is 2.28. The van der Waals surface area contributed by atoms with E-state index < -0.39 is 5.97 Å². The Hall–Kier alpha value is -2.62. The van der Waals surface area contributed by atoms with Crippen LogP contribution >= 0.6 is 34.4 Å². The van der Waals surface area contributed by atoms with E-state index in [9.17, 15) is 14.7 Å². The van der Waals surface area contributed by atoms with Crippen LogP contribution in [0.1, 0.15) is 15.9 Å². The fourth-order valence-electron chi connectivity index (χ4n) is 2.90. The number of rotatable bonds is 6. The molecule has 0 spiro atoms. The maximum absolute atomic E-state index is 12.2. The Morgan fingerprint density at radius 3 is 2.23 bits per heavy atom. The first kappa shape index (κ1) is 16.8. The summed E-state index contributed by atoms with van der Waals surface area (Å²) in [6.07, 6.45) is 0. The largest absolute Gasteiger partial charge is 0.478 e. The van der Waals surface area contributed by atoms with Crippen molar-refractivity contribution in [2.75, 3.05) is 0 Å². The van der Waals surface area contributed by atoms with Gasteiger partial charge in [-0.25, -0.2) is 4.79 Å². The highest BCUT2D eigenvalue weighted by atomic mass is 32.1. The minimum atomic E-state index is -1.09. The molecule has 6 nitrogen and oxygen atoms in total. The number of carbonyl (C=O) groups excluding carboxylic acids is 1. The van der Waals surface area contributed by atoms with Crippen LogP contribution in [0.4, 0.5) is 0 Å². The zero-order valence-corrected chi connectivity index (χ0v) is 15.5. The SMILES string of the molecule is O=COCc1c(C(=O)O)c(-c2cccs2)c2nsnc2c1-c1cccs1. The molecule has 0 saturated carbocycles. The smallest absolute Gasteiger partial charge is 0.336 e. The number of hydrogen-bond acceptors (Lipinski definition) is 8. The van der Waals surface area contributed by atoms with Crippen LogP contribution in [0.15, 0.2) is 35.0 Å². The monoisotopic (exact) mass is 402 g/mol. The van der Waals surface area contributed by atoms with Gasteiger partial charge >= 0.3 is 5.97 Å². The molecule has 0 aliphatic rings. The third kappa shape index (κ3) is 2.70. The van der Waals surface area contributed by atoms with Gasteiger partial charge in [0, 0.05) is 26.4 Å². The molecule has 26 heavy (non-hydrogen) atoms. The Morgan fingerprint density at radius 2 is 1.69 bits per heavy atom. The summed E-state index contributed by atoms with van der Waals surface area (Å²) in [7, 11) is 0. The summed E-state index contributed by atoms with van der Waals surface area (Å²) in [5, 5.41) is 13.8. The topological polar surface area (TPSA) is 89.4 Å². The number of hydrogen-bond donors (Lipinski definition) is 1. The van der Waals surface area contributed by atoms with Crippen LogP contribution < -0.4 is 0 Å². The molecule has 9 heteroatoms. The van der Waals surface area contributed by atoms with Crippen LogP contribution in [0.25, 0.3) is 31.9 Å². The van der Waals surface area contributed by atoms with Gasteiger partial charge in [0.1, 0.15) is 17.6 Å². The summed E-state index contributed by atoms with van der Waals surface area (Å²) >= 11 is 3.93. The summed E-state index contributed by atoms with van der Waals surface area (Å²) < 4.78 is 13.8. The van der Waals surface area contributed by atoms with Crippen LogP contribution in [-0.4, -0.2) is 26.3 Å². The van der Waals surface area contributed by atoms with Gasteiger partial charge in [0.15, 0.2) is 0 Å². The molecule has 3 heterocycles. The molecule has 3 aromatic heterocycles. The van der Waals surface area contributed by atoms with Crippen molar-refractivity contribution in [3.8, 4) is 20.9 Å². The molecule has 0 unspecified atom stereocenters. The van der Waals surface area contributed by atoms with Crippen molar-refractivity contribution in [1.82, 2.24) is 8.75 Å². The Labute approximate surface area is 159 Å². The number of carboxylic acid groups (broad SMARTS) is 1. The highest BCUT2D eigenvalue weighted by Crippen LogP contribution is 2.43. The predicted molar refractivity (Wildman–Crippen MR) is 102 cm³/mol. The Morgan fingerprint density at radius 1 is 1.08 bits per heavy atom. The molecule has 130 valence electrons. The van der Waals surface area contributed by atoms with Gasteiger partial charge in [-0.1, -0.05) is 12.1 Å². The van der Waals surface area contributed by atoms with Crippen molar-refractivity contribution in [3.05, 3.63) is 46.2 Å². The number of ether oxygens (including phenoxy) is 1. The van der Waals surface area contributed by atoms with Gasteiger partial charge in [-0.15, -0.1) is 22.7 Å². The molecule has 0 amide bonds. The number of carboxylic acids is 1. The molecular formula is C17H10N2O4S3. The molecule has 0 aliphatic carbocycles. The van der Waals surface area contributed by atoms with Crippen molar-refractivity contribution >= 4 is 57.9 Å². The molecule has 0 atom stereocenters. The van der Waals surface area contributed by atoms with Gasteiger partial charge in [-0.3, -0.25) is 4.79 Å². The highest BCUT2D eigenvalue weighted by molar-refractivity contribution is 7.14. The molecule has 0 fully saturated rings. The minimum absolute atomic E-state index is 0.0953. The second-order valence-corrected chi connectivity index (χ2v) is 7.66. The standard InChI is InChI=1S/C17H10N2O4S3/c20-8-23-7-9-12(10-3-1-5-24-10)15-16(19-26-18-15)14(13(9)17(21)22)11-4-2-6-25-11/h1-6,8H,7H2,(H,21,22). The lowest BCUT2D eigenvalue weighted by Gasteiger charge is -2.15. The van der Waals surface area contributed by atoms with Gasteiger partial charge in [0.05, 0.1) is 17.3 Å². The zero-order chi connectivity index (χ0) is 18.1. The fourth-order valence-corrected chi connectivity index (χ4v) is 5.03.